The van der Waals surface area contributed by atoms with E-state index in [4.69, 9.17) is 22.7 Å². The van der Waals surface area contributed by atoms with Gasteiger partial charge in [-0.25, -0.2) is 4.39 Å². The molecule has 0 radical (unpaired) electrons. The molecule has 0 atom stereocenters. The van der Waals surface area contributed by atoms with Crippen molar-refractivity contribution < 1.29 is 9.13 Å². The summed E-state index contributed by atoms with van der Waals surface area (Å²) < 4.78 is 19.2. The van der Waals surface area contributed by atoms with Gasteiger partial charge in [-0.15, -0.1) is 0 Å². The number of nitrogens with two attached hydrogens (primary N) is 1. The van der Waals surface area contributed by atoms with Crippen molar-refractivity contribution in [2.24, 2.45) is 5.73 Å². The predicted octanol–water partition coefficient (Wildman–Crippen LogP) is 4.01. The summed E-state index contributed by atoms with van der Waals surface area (Å²) in [4.78, 5) is 0.330. The smallest absolute Gasteiger partial charge is 0.141 e. The van der Waals surface area contributed by atoms with Crippen LogP contribution in [0, 0.1) is 5.82 Å². The molecule has 0 amide bonds. The molecule has 5 heteroatoms. The van der Waals surface area contributed by atoms with Gasteiger partial charge >= 0.3 is 0 Å². The topological polar surface area (TPSA) is 35.2 Å². The van der Waals surface area contributed by atoms with E-state index in [9.17, 15) is 4.39 Å². The minimum absolute atomic E-state index is 0.330. The summed E-state index contributed by atoms with van der Waals surface area (Å²) in [5.74, 6) is 0.655. The first-order valence-electron chi connectivity index (χ1n) is 5.09. The molecule has 0 saturated heterocycles. The summed E-state index contributed by atoms with van der Waals surface area (Å²) in [6.45, 7) is 0. The zero-order valence-corrected chi connectivity index (χ0v) is 11.6. The number of hydrogen-bond donors (Lipinski definition) is 1. The molecule has 18 heavy (non-hydrogen) atoms. The minimum atomic E-state index is -0.368. The monoisotopic (exact) mass is 325 g/mol. The first-order chi connectivity index (χ1) is 8.56. The second kappa shape index (κ2) is 5.46. The lowest BCUT2D eigenvalue weighted by Crippen LogP contribution is -2.08. The van der Waals surface area contributed by atoms with Crippen LogP contribution in [-0.2, 0) is 0 Å². The van der Waals surface area contributed by atoms with E-state index in [1.165, 1.54) is 6.07 Å². The molecule has 0 aliphatic rings. The fourth-order valence-corrected chi connectivity index (χ4v) is 1.75. The third-order valence-electron chi connectivity index (χ3n) is 2.27. The van der Waals surface area contributed by atoms with Gasteiger partial charge in [0.05, 0.1) is 4.47 Å². The molecule has 2 aromatic rings. The molecule has 0 fully saturated rings. The van der Waals surface area contributed by atoms with E-state index in [1.807, 2.05) is 0 Å². The predicted molar refractivity (Wildman–Crippen MR) is 76.5 cm³/mol. The van der Waals surface area contributed by atoms with Gasteiger partial charge in [0.1, 0.15) is 22.3 Å². The average Bonchev–Trinajstić information content (AvgIpc) is 2.34. The average molecular weight is 326 g/mol. The first-order valence-corrected chi connectivity index (χ1v) is 6.29. The Kier molecular flexibility index (Phi) is 3.93. The summed E-state index contributed by atoms with van der Waals surface area (Å²) in [6.07, 6.45) is 0. The zero-order valence-electron chi connectivity index (χ0n) is 9.19. The van der Waals surface area contributed by atoms with Crippen molar-refractivity contribution in [3.8, 4) is 11.5 Å². The highest BCUT2D eigenvalue weighted by Gasteiger charge is 2.03. The molecule has 0 unspecified atom stereocenters. The lowest BCUT2D eigenvalue weighted by atomic mass is 10.2. The second-order valence-electron chi connectivity index (χ2n) is 3.57. The second-order valence-corrected chi connectivity index (χ2v) is 4.86. The van der Waals surface area contributed by atoms with Gasteiger partial charge in [-0.3, -0.25) is 0 Å². The number of ether oxygens (including phenoxy) is 1. The Bertz CT molecular complexity index is 586. The van der Waals surface area contributed by atoms with Crippen LogP contribution in [0.4, 0.5) is 4.39 Å². The van der Waals surface area contributed by atoms with E-state index < -0.39 is 0 Å². The van der Waals surface area contributed by atoms with Gasteiger partial charge in [-0.2, -0.15) is 0 Å². The van der Waals surface area contributed by atoms with Crippen molar-refractivity contribution in [3.05, 3.63) is 58.3 Å². The number of halogens is 2. The Labute approximate surface area is 118 Å². The normalized spacial score (nSPS) is 10.1. The molecule has 2 nitrogen and oxygen atoms in total. The van der Waals surface area contributed by atoms with Crippen molar-refractivity contribution in [2.75, 3.05) is 0 Å². The van der Waals surface area contributed by atoms with Crippen molar-refractivity contribution in [3.63, 3.8) is 0 Å². The summed E-state index contributed by atoms with van der Waals surface area (Å²) in [7, 11) is 0. The van der Waals surface area contributed by atoms with Crippen LogP contribution in [-0.4, -0.2) is 4.99 Å². The molecular weight excluding hydrogens is 317 g/mol. The van der Waals surface area contributed by atoms with Crippen LogP contribution in [0.5, 0.6) is 11.5 Å². The molecule has 2 rings (SSSR count). The van der Waals surface area contributed by atoms with E-state index in [2.05, 4.69) is 15.9 Å². The highest BCUT2D eigenvalue weighted by Crippen LogP contribution is 2.25. The molecular formula is C13H9BrFNOS. The van der Waals surface area contributed by atoms with E-state index in [1.54, 1.807) is 36.4 Å². The Morgan fingerprint density at radius 3 is 2.28 bits per heavy atom. The summed E-state index contributed by atoms with van der Waals surface area (Å²) >= 11 is 7.93. The molecule has 2 N–H and O–H groups in total. The molecule has 0 spiro atoms. The standard InChI is InChI=1S/C13H9BrFNOS/c14-11-6-5-10(7-12(11)15)17-9-3-1-8(2-4-9)13(16)18/h1-7H,(H2,16,18). The lowest BCUT2D eigenvalue weighted by Gasteiger charge is -2.07. The van der Waals surface area contributed by atoms with Crippen LogP contribution in [0.15, 0.2) is 46.9 Å². The Morgan fingerprint density at radius 2 is 1.72 bits per heavy atom. The molecule has 0 aliphatic heterocycles. The van der Waals surface area contributed by atoms with Gasteiger partial charge in [0.25, 0.3) is 0 Å². The van der Waals surface area contributed by atoms with E-state index in [-0.39, 0.29) is 5.82 Å². The van der Waals surface area contributed by atoms with Crippen LogP contribution in [0.25, 0.3) is 0 Å². The maximum Gasteiger partial charge on any atom is 0.141 e. The van der Waals surface area contributed by atoms with Gasteiger partial charge in [0, 0.05) is 11.6 Å². The Morgan fingerprint density at radius 1 is 1.11 bits per heavy atom. The Balaban J connectivity index is 2.18. The molecule has 92 valence electrons. The van der Waals surface area contributed by atoms with E-state index >= 15 is 0 Å². The van der Waals surface area contributed by atoms with Gasteiger partial charge in [0.2, 0.25) is 0 Å². The molecule has 0 aromatic heterocycles. The molecule has 0 heterocycles. The maximum atomic E-state index is 13.3. The third kappa shape index (κ3) is 3.05. The maximum absolute atomic E-state index is 13.3. The van der Waals surface area contributed by atoms with Crippen LogP contribution >= 0.6 is 28.1 Å². The van der Waals surface area contributed by atoms with Gasteiger partial charge in [-0.05, 0) is 52.3 Å². The van der Waals surface area contributed by atoms with Gasteiger partial charge in [0.15, 0.2) is 0 Å². The van der Waals surface area contributed by atoms with Crippen LogP contribution in [0.1, 0.15) is 5.56 Å². The molecule has 0 aliphatic carbocycles. The van der Waals surface area contributed by atoms with Crippen molar-refractivity contribution in [1.82, 2.24) is 0 Å². The fourth-order valence-electron chi connectivity index (χ4n) is 1.36. The van der Waals surface area contributed by atoms with E-state index in [0.717, 1.165) is 5.56 Å². The van der Waals surface area contributed by atoms with Gasteiger partial charge < -0.3 is 10.5 Å². The first kappa shape index (κ1) is 13.0. The number of benzene rings is 2. The minimum Gasteiger partial charge on any atom is -0.457 e. The number of thiocarbonyl (C=S) groups is 1. The van der Waals surface area contributed by atoms with Crippen molar-refractivity contribution in [1.29, 1.82) is 0 Å². The quantitative estimate of drug-likeness (QED) is 0.866. The fraction of sp³-hybridized carbons (Fsp3) is 0. The SMILES string of the molecule is NC(=S)c1ccc(Oc2ccc(Br)c(F)c2)cc1. The van der Waals surface area contributed by atoms with Gasteiger partial charge in [-0.1, -0.05) is 12.2 Å². The largest absolute Gasteiger partial charge is 0.457 e. The lowest BCUT2D eigenvalue weighted by molar-refractivity contribution is 0.476. The highest BCUT2D eigenvalue weighted by molar-refractivity contribution is 9.10. The van der Waals surface area contributed by atoms with E-state index in [0.29, 0.717) is 21.0 Å². The summed E-state index contributed by atoms with van der Waals surface area (Å²) in [6, 6.07) is 11.6. The molecule has 0 bridgehead atoms. The highest BCUT2D eigenvalue weighted by atomic mass is 79.9. The van der Waals surface area contributed by atoms with Crippen LogP contribution in [0.3, 0.4) is 0 Å². The zero-order chi connectivity index (χ0) is 13.1. The third-order valence-corrected chi connectivity index (χ3v) is 3.14. The summed E-state index contributed by atoms with van der Waals surface area (Å²) in [5.41, 5.74) is 6.25. The molecule has 2 aromatic carbocycles. The number of hydrogen-bond acceptors (Lipinski definition) is 2. The molecule has 0 saturated carbocycles. The summed E-state index contributed by atoms with van der Waals surface area (Å²) in [5, 5.41) is 0. The van der Waals surface area contributed by atoms with Crippen LogP contribution < -0.4 is 10.5 Å². The van der Waals surface area contributed by atoms with Crippen molar-refractivity contribution >= 4 is 33.1 Å². The van der Waals surface area contributed by atoms with Crippen LogP contribution in [0.2, 0.25) is 0 Å². The van der Waals surface area contributed by atoms with Crippen molar-refractivity contribution in [2.45, 2.75) is 0 Å². The number of rotatable bonds is 3. The Hall–Kier alpha value is -1.46.